The Morgan fingerprint density at radius 3 is 2.43 bits per heavy atom. The van der Waals surface area contributed by atoms with Crippen molar-refractivity contribution in [1.29, 1.82) is 0 Å². The predicted octanol–water partition coefficient (Wildman–Crippen LogP) is 5.41. The topological polar surface area (TPSA) is 49.4 Å². The summed E-state index contributed by atoms with van der Waals surface area (Å²) >= 11 is 5.12. The van der Waals surface area contributed by atoms with Crippen LogP contribution in [0.5, 0.6) is 0 Å². The third-order valence-corrected chi connectivity index (χ3v) is 7.01. The Labute approximate surface area is 191 Å². The van der Waals surface area contributed by atoms with Crippen LogP contribution in [0.25, 0.3) is 0 Å². The molecule has 0 aromatic heterocycles. The van der Waals surface area contributed by atoms with Crippen molar-refractivity contribution in [3.63, 3.8) is 0 Å². The molecule has 4 nitrogen and oxygen atoms in total. The summed E-state index contributed by atoms with van der Waals surface area (Å²) in [6.07, 6.45) is 4.80. The average Bonchev–Trinajstić information content (AvgIpc) is 3.26. The Morgan fingerprint density at radius 2 is 1.77 bits per heavy atom. The first-order valence-electron chi connectivity index (χ1n) is 10.5. The van der Waals surface area contributed by atoms with Gasteiger partial charge in [-0.1, -0.05) is 59.1 Å². The van der Waals surface area contributed by atoms with Crippen LogP contribution in [-0.2, 0) is 16.1 Å². The number of rotatable bonds is 9. The third-order valence-electron chi connectivity index (χ3n) is 5.46. The second kappa shape index (κ2) is 11.6. The standard InChI is InChI=1S/C24H29BrN2O2S/c1-18(24(29)26-21-7-5-6-8-21)27(17-19-11-13-20(25)14-12-19)23(28)15-16-30-22-9-3-2-4-10-22/h2-4,9-14,18,21H,5-8,15-17H2,1H3,(H,26,29). The zero-order chi connectivity index (χ0) is 21.3. The van der Waals surface area contributed by atoms with E-state index in [9.17, 15) is 9.59 Å². The molecule has 2 aromatic carbocycles. The number of thioether (sulfide) groups is 1. The molecule has 1 unspecified atom stereocenters. The van der Waals surface area contributed by atoms with Crippen LogP contribution in [0.2, 0.25) is 0 Å². The number of carbonyl (C=O) groups is 2. The molecule has 3 rings (SSSR count). The SMILES string of the molecule is CC(C(=O)NC1CCCC1)N(Cc1ccc(Br)cc1)C(=O)CCSc1ccccc1. The van der Waals surface area contributed by atoms with Crippen molar-refractivity contribution in [2.45, 2.75) is 62.6 Å². The summed E-state index contributed by atoms with van der Waals surface area (Å²) in [4.78, 5) is 28.8. The van der Waals surface area contributed by atoms with E-state index < -0.39 is 6.04 Å². The van der Waals surface area contributed by atoms with Crippen molar-refractivity contribution in [2.75, 3.05) is 5.75 Å². The van der Waals surface area contributed by atoms with Gasteiger partial charge in [0.1, 0.15) is 6.04 Å². The lowest BCUT2D eigenvalue weighted by molar-refractivity contribution is -0.140. The lowest BCUT2D eigenvalue weighted by atomic mass is 10.1. The molecule has 2 amide bonds. The van der Waals surface area contributed by atoms with E-state index in [-0.39, 0.29) is 17.9 Å². The minimum Gasteiger partial charge on any atom is -0.352 e. The molecule has 0 radical (unpaired) electrons. The Balaban J connectivity index is 1.64. The van der Waals surface area contributed by atoms with Crippen molar-refractivity contribution in [1.82, 2.24) is 10.2 Å². The summed E-state index contributed by atoms with van der Waals surface area (Å²) in [5.41, 5.74) is 1.02. The fourth-order valence-corrected chi connectivity index (χ4v) is 4.80. The number of nitrogens with one attached hydrogen (secondary N) is 1. The molecule has 160 valence electrons. The van der Waals surface area contributed by atoms with Gasteiger partial charge in [-0.2, -0.15) is 0 Å². The normalized spacial score (nSPS) is 15.0. The summed E-state index contributed by atoms with van der Waals surface area (Å²) in [6.45, 7) is 2.27. The van der Waals surface area contributed by atoms with E-state index in [1.807, 2.05) is 61.5 Å². The van der Waals surface area contributed by atoms with Crippen molar-refractivity contribution in [3.8, 4) is 0 Å². The first-order valence-corrected chi connectivity index (χ1v) is 12.3. The maximum Gasteiger partial charge on any atom is 0.242 e. The number of hydrogen-bond donors (Lipinski definition) is 1. The Bertz CT molecular complexity index is 823. The van der Waals surface area contributed by atoms with Gasteiger partial charge in [0.05, 0.1) is 0 Å². The molecule has 1 fully saturated rings. The van der Waals surface area contributed by atoms with Gasteiger partial charge in [0, 0.05) is 34.1 Å². The quantitative estimate of drug-likeness (QED) is 0.480. The molecule has 0 bridgehead atoms. The second-order valence-corrected chi connectivity index (χ2v) is 9.81. The van der Waals surface area contributed by atoms with Crippen LogP contribution >= 0.6 is 27.7 Å². The number of nitrogens with zero attached hydrogens (tertiary/aromatic N) is 1. The van der Waals surface area contributed by atoms with Crippen LogP contribution in [0.1, 0.15) is 44.6 Å². The molecule has 6 heteroatoms. The Morgan fingerprint density at radius 1 is 1.10 bits per heavy atom. The van der Waals surface area contributed by atoms with Gasteiger partial charge in [0.25, 0.3) is 0 Å². The lowest BCUT2D eigenvalue weighted by Crippen LogP contribution is -2.49. The highest BCUT2D eigenvalue weighted by atomic mass is 79.9. The summed E-state index contributed by atoms with van der Waals surface area (Å²) < 4.78 is 0.996. The van der Waals surface area contributed by atoms with E-state index in [1.165, 1.54) is 0 Å². The van der Waals surface area contributed by atoms with Gasteiger partial charge in [-0.05, 0) is 49.6 Å². The molecule has 0 saturated heterocycles. The van der Waals surface area contributed by atoms with Gasteiger partial charge in [0.15, 0.2) is 0 Å². The van der Waals surface area contributed by atoms with E-state index in [0.29, 0.717) is 18.7 Å². The van der Waals surface area contributed by atoms with Gasteiger partial charge in [-0.25, -0.2) is 0 Å². The molecular weight excluding hydrogens is 460 g/mol. The maximum atomic E-state index is 13.1. The maximum absolute atomic E-state index is 13.1. The fourth-order valence-electron chi connectivity index (χ4n) is 3.68. The van der Waals surface area contributed by atoms with Crippen molar-refractivity contribution in [2.24, 2.45) is 0 Å². The molecule has 30 heavy (non-hydrogen) atoms. The summed E-state index contributed by atoms with van der Waals surface area (Å²) in [7, 11) is 0. The molecule has 0 heterocycles. The smallest absolute Gasteiger partial charge is 0.242 e. The third kappa shape index (κ3) is 6.88. The number of halogens is 1. The van der Waals surface area contributed by atoms with E-state index in [2.05, 4.69) is 21.2 Å². The number of hydrogen-bond acceptors (Lipinski definition) is 3. The molecular formula is C24H29BrN2O2S. The highest BCUT2D eigenvalue weighted by Crippen LogP contribution is 2.21. The highest BCUT2D eigenvalue weighted by Gasteiger charge is 2.28. The zero-order valence-electron chi connectivity index (χ0n) is 17.4. The first-order chi connectivity index (χ1) is 14.5. The summed E-state index contributed by atoms with van der Waals surface area (Å²) in [6, 6.07) is 17.7. The van der Waals surface area contributed by atoms with Crippen LogP contribution in [-0.4, -0.2) is 34.6 Å². The second-order valence-electron chi connectivity index (χ2n) is 7.73. The van der Waals surface area contributed by atoms with E-state index >= 15 is 0 Å². The van der Waals surface area contributed by atoms with E-state index in [0.717, 1.165) is 40.6 Å². The molecule has 1 aliphatic rings. The molecule has 2 aromatic rings. The number of amides is 2. The van der Waals surface area contributed by atoms with E-state index in [4.69, 9.17) is 0 Å². The molecule has 0 spiro atoms. The molecule has 1 saturated carbocycles. The largest absolute Gasteiger partial charge is 0.352 e. The average molecular weight is 489 g/mol. The van der Waals surface area contributed by atoms with Crippen LogP contribution in [0.4, 0.5) is 0 Å². The molecule has 1 aliphatic carbocycles. The monoisotopic (exact) mass is 488 g/mol. The van der Waals surface area contributed by atoms with Crippen LogP contribution in [0, 0.1) is 0 Å². The van der Waals surface area contributed by atoms with Gasteiger partial charge >= 0.3 is 0 Å². The lowest BCUT2D eigenvalue weighted by Gasteiger charge is -2.30. The predicted molar refractivity (Wildman–Crippen MR) is 126 cm³/mol. The first kappa shape index (κ1) is 22.9. The Hall–Kier alpha value is -1.79. The minimum atomic E-state index is -0.497. The van der Waals surface area contributed by atoms with Crippen LogP contribution in [0.3, 0.4) is 0 Å². The van der Waals surface area contributed by atoms with Gasteiger partial charge < -0.3 is 10.2 Å². The fraction of sp³-hybridized carbons (Fsp3) is 0.417. The zero-order valence-corrected chi connectivity index (χ0v) is 19.8. The molecule has 1 N–H and O–H groups in total. The molecule has 0 aliphatic heterocycles. The number of benzene rings is 2. The highest BCUT2D eigenvalue weighted by molar-refractivity contribution is 9.10. The summed E-state index contributed by atoms with van der Waals surface area (Å²) in [5, 5.41) is 3.15. The van der Waals surface area contributed by atoms with Gasteiger partial charge in [-0.3, -0.25) is 9.59 Å². The van der Waals surface area contributed by atoms with Crippen molar-refractivity contribution >= 4 is 39.5 Å². The Kier molecular flexibility index (Phi) is 8.82. The van der Waals surface area contributed by atoms with Gasteiger partial charge in [-0.15, -0.1) is 11.8 Å². The van der Waals surface area contributed by atoms with Crippen molar-refractivity contribution in [3.05, 3.63) is 64.6 Å². The molecule has 1 atom stereocenters. The van der Waals surface area contributed by atoms with Crippen LogP contribution < -0.4 is 5.32 Å². The minimum absolute atomic E-state index is 0.00965. The summed E-state index contributed by atoms with van der Waals surface area (Å²) in [5.74, 6) is 0.648. The van der Waals surface area contributed by atoms with Gasteiger partial charge in [0.2, 0.25) is 11.8 Å². The van der Waals surface area contributed by atoms with E-state index in [1.54, 1.807) is 16.7 Å². The van der Waals surface area contributed by atoms with Crippen molar-refractivity contribution < 1.29 is 9.59 Å². The van der Waals surface area contributed by atoms with Crippen LogP contribution in [0.15, 0.2) is 64.0 Å². The number of carbonyl (C=O) groups excluding carboxylic acids is 2.